The maximum absolute atomic E-state index is 13.5. The van der Waals surface area contributed by atoms with Gasteiger partial charge in [0, 0.05) is 31.4 Å². The van der Waals surface area contributed by atoms with Gasteiger partial charge in [-0.15, -0.1) is 0 Å². The van der Waals surface area contributed by atoms with Gasteiger partial charge < -0.3 is 21.3 Å². The van der Waals surface area contributed by atoms with Crippen LogP contribution in [0.1, 0.15) is 23.7 Å². The molecule has 0 aliphatic carbocycles. The lowest BCUT2D eigenvalue weighted by molar-refractivity contribution is -0.114. The first-order valence-corrected chi connectivity index (χ1v) is 8.41. The third-order valence-corrected chi connectivity index (χ3v) is 3.51. The number of carbonyl (C=O) groups excluding carboxylic acids is 3. The molecule has 0 heterocycles. The third-order valence-electron chi connectivity index (χ3n) is 3.51. The van der Waals surface area contributed by atoms with Crippen LogP contribution < -0.4 is 21.3 Å². The molecule has 4 amide bonds. The Morgan fingerprint density at radius 2 is 1.44 bits per heavy atom. The minimum atomic E-state index is -0.572. The van der Waals surface area contributed by atoms with E-state index in [1.54, 1.807) is 30.3 Å². The number of hydrogen-bond acceptors (Lipinski definition) is 3. The van der Waals surface area contributed by atoms with Crippen LogP contribution in [-0.2, 0) is 4.79 Å². The molecule has 0 fully saturated rings. The Morgan fingerprint density at radius 1 is 0.852 bits per heavy atom. The van der Waals surface area contributed by atoms with Crippen molar-refractivity contribution in [3.05, 3.63) is 59.9 Å². The van der Waals surface area contributed by atoms with Crippen LogP contribution in [0.5, 0.6) is 0 Å². The molecule has 0 bridgehead atoms. The van der Waals surface area contributed by atoms with E-state index in [-0.39, 0.29) is 17.5 Å². The Labute approximate surface area is 156 Å². The molecule has 0 spiro atoms. The molecule has 0 radical (unpaired) electrons. The van der Waals surface area contributed by atoms with Gasteiger partial charge in [0.25, 0.3) is 5.91 Å². The van der Waals surface area contributed by atoms with Gasteiger partial charge in [0.15, 0.2) is 0 Å². The first kappa shape index (κ1) is 19.9. The fourth-order valence-corrected chi connectivity index (χ4v) is 2.25. The molecule has 27 heavy (non-hydrogen) atoms. The van der Waals surface area contributed by atoms with Crippen molar-refractivity contribution in [2.24, 2.45) is 0 Å². The van der Waals surface area contributed by atoms with E-state index in [4.69, 9.17) is 0 Å². The molecule has 0 saturated carbocycles. The molecule has 0 aliphatic rings. The lowest BCUT2D eigenvalue weighted by Gasteiger charge is -2.09. The van der Waals surface area contributed by atoms with E-state index in [1.165, 1.54) is 25.1 Å². The second-order valence-electron chi connectivity index (χ2n) is 5.73. The molecule has 7 nitrogen and oxygen atoms in total. The topological polar surface area (TPSA) is 99.3 Å². The van der Waals surface area contributed by atoms with Crippen molar-refractivity contribution in [2.45, 2.75) is 13.3 Å². The summed E-state index contributed by atoms with van der Waals surface area (Å²) in [7, 11) is 0. The third kappa shape index (κ3) is 6.77. The average molecular weight is 372 g/mol. The van der Waals surface area contributed by atoms with Crippen molar-refractivity contribution in [2.75, 3.05) is 23.7 Å². The van der Waals surface area contributed by atoms with Gasteiger partial charge in [-0.25, -0.2) is 9.18 Å². The summed E-state index contributed by atoms with van der Waals surface area (Å²) < 4.78 is 13.5. The molecule has 2 rings (SSSR count). The van der Waals surface area contributed by atoms with E-state index in [9.17, 15) is 18.8 Å². The standard InChI is InChI=1S/C19H21FN4O3/c1-13(25)23-14-7-9-15(10-8-14)24-19(27)22-12-4-11-21-18(26)16-5-2-3-6-17(16)20/h2-3,5-10H,4,11-12H2,1H3,(H,21,26)(H,23,25)(H2,22,24,27). The van der Waals surface area contributed by atoms with Gasteiger partial charge in [0.05, 0.1) is 5.56 Å². The largest absolute Gasteiger partial charge is 0.352 e. The molecule has 4 N–H and O–H groups in total. The summed E-state index contributed by atoms with van der Waals surface area (Å²) in [5, 5.41) is 10.5. The zero-order chi connectivity index (χ0) is 19.6. The van der Waals surface area contributed by atoms with E-state index in [0.717, 1.165) is 0 Å². The van der Waals surface area contributed by atoms with Crippen molar-refractivity contribution in [3.8, 4) is 0 Å². The summed E-state index contributed by atoms with van der Waals surface area (Å²) in [5.74, 6) is -1.23. The molecule has 2 aromatic carbocycles. The Morgan fingerprint density at radius 3 is 2.07 bits per heavy atom. The van der Waals surface area contributed by atoms with Crippen molar-refractivity contribution in [1.29, 1.82) is 0 Å². The minimum Gasteiger partial charge on any atom is -0.352 e. The second kappa shape index (κ2) is 9.91. The van der Waals surface area contributed by atoms with Gasteiger partial charge in [-0.05, 0) is 42.8 Å². The minimum absolute atomic E-state index is 0.00841. The van der Waals surface area contributed by atoms with Crippen LogP contribution in [0.3, 0.4) is 0 Å². The quantitative estimate of drug-likeness (QED) is 0.562. The Bertz CT molecular complexity index is 809. The van der Waals surface area contributed by atoms with Crippen molar-refractivity contribution >= 4 is 29.2 Å². The number of amides is 4. The van der Waals surface area contributed by atoms with Crippen LogP contribution in [-0.4, -0.2) is 30.9 Å². The summed E-state index contributed by atoms with van der Waals surface area (Å²) >= 11 is 0. The van der Waals surface area contributed by atoms with Crippen molar-refractivity contribution in [3.63, 3.8) is 0 Å². The molecule has 142 valence electrons. The van der Waals surface area contributed by atoms with E-state index in [1.807, 2.05) is 0 Å². The molecule has 0 unspecified atom stereocenters. The molecule has 0 aromatic heterocycles. The Kier molecular flexibility index (Phi) is 7.30. The lowest BCUT2D eigenvalue weighted by atomic mass is 10.2. The predicted octanol–water partition coefficient (Wildman–Crippen LogP) is 2.73. The van der Waals surface area contributed by atoms with Crippen LogP contribution in [0, 0.1) is 5.82 Å². The highest BCUT2D eigenvalue weighted by Crippen LogP contribution is 2.13. The van der Waals surface area contributed by atoms with E-state index in [2.05, 4.69) is 21.3 Å². The number of urea groups is 1. The molecule has 0 atom stereocenters. The molecular formula is C19H21FN4O3. The second-order valence-corrected chi connectivity index (χ2v) is 5.73. The van der Waals surface area contributed by atoms with Gasteiger partial charge in [-0.1, -0.05) is 12.1 Å². The van der Waals surface area contributed by atoms with Crippen LogP contribution in [0.4, 0.5) is 20.6 Å². The Balaban J connectivity index is 1.65. The predicted molar refractivity (Wildman–Crippen MR) is 101 cm³/mol. The number of nitrogens with one attached hydrogen (secondary N) is 4. The normalized spacial score (nSPS) is 10.0. The lowest BCUT2D eigenvalue weighted by Crippen LogP contribution is -2.32. The van der Waals surface area contributed by atoms with E-state index < -0.39 is 11.7 Å². The molecule has 8 heteroatoms. The van der Waals surface area contributed by atoms with Crippen molar-refractivity contribution < 1.29 is 18.8 Å². The van der Waals surface area contributed by atoms with E-state index >= 15 is 0 Å². The SMILES string of the molecule is CC(=O)Nc1ccc(NC(=O)NCCCNC(=O)c2ccccc2F)cc1. The summed E-state index contributed by atoms with van der Waals surface area (Å²) in [6.07, 6.45) is 0.495. The van der Waals surface area contributed by atoms with Crippen LogP contribution in [0.2, 0.25) is 0 Å². The smallest absolute Gasteiger partial charge is 0.319 e. The summed E-state index contributed by atoms with van der Waals surface area (Å²) in [5.41, 5.74) is 1.21. The number of carbonyl (C=O) groups is 3. The van der Waals surface area contributed by atoms with Gasteiger partial charge in [0.2, 0.25) is 5.91 Å². The highest BCUT2D eigenvalue weighted by Gasteiger charge is 2.09. The first-order valence-electron chi connectivity index (χ1n) is 8.41. The molecular weight excluding hydrogens is 351 g/mol. The highest BCUT2D eigenvalue weighted by molar-refractivity contribution is 5.94. The molecule has 0 saturated heterocycles. The van der Waals surface area contributed by atoms with Gasteiger partial charge >= 0.3 is 6.03 Å². The van der Waals surface area contributed by atoms with Gasteiger partial charge in [-0.3, -0.25) is 9.59 Å². The zero-order valence-electron chi connectivity index (χ0n) is 14.8. The first-order chi connectivity index (χ1) is 13.0. The Hall–Kier alpha value is -3.42. The fourth-order valence-electron chi connectivity index (χ4n) is 2.25. The zero-order valence-corrected chi connectivity index (χ0v) is 14.8. The molecule has 2 aromatic rings. The van der Waals surface area contributed by atoms with Gasteiger partial charge in [0.1, 0.15) is 5.82 Å². The number of hydrogen-bond donors (Lipinski definition) is 4. The average Bonchev–Trinajstić information content (AvgIpc) is 2.63. The monoisotopic (exact) mass is 372 g/mol. The maximum Gasteiger partial charge on any atom is 0.319 e. The van der Waals surface area contributed by atoms with Crippen LogP contribution in [0.25, 0.3) is 0 Å². The highest BCUT2D eigenvalue weighted by atomic mass is 19.1. The van der Waals surface area contributed by atoms with Crippen molar-refractivity contribution in [1.82, 2.24) is 10.6 Å². The van der Waals surface area contributed by atoms with Crippen LogP contribution in [0.15, 0.2) is 48.5 Å². The number of benzene rings is 2. The summed E-state index contributed by atoms with van der Waals surface area (Å²) in [6.45, 7) is 2.06. The summed E-state index contributed by atoms with van der Waals surface area (Å²) in [6, 6.07) is 12.0. The summed E-state index contributed by atoms with van der Waals surface area (Å²) in [4.78, 5) is 34.6. The fraction of sp³-hybridized carbons (Fsp3) is 0.211. The number of rotatable bonds is 7. The van der Waals surface area contributed by atoms with Crippen LogP contribution >= 0.6 is 0 Å². The molecule has 0 aliphatic heterocycles. The number of halogens is 1. The number of anilines is 2. The van der Waals surface area contributed by atoms with E-state index in [0.29, 0.717) is 30.9 Å². The van der Waals surface area contributed by atoms with Gasteiger partial charge in [-0.2, -0.15) is 0 Å². The maximum atomic E-state index is 13.5.